The maximum atomic E-state index is 10.1. The SMILES string of the molecule is O=CCC#Cc1cc2c(cc1Cl)OCO2. The van der Waals surface area contributed by atoms with Crippen molar-refractivity contribution in [3.8, 4) is 23.3 Å². The molecule has 0 aromatic heterocycles. The van der Waals surface area contributed by atoms with Crippen molar-refractivity contribution in [1.82, 2.24) is 0 Å². The molecule has 0 fully saturated rings. The fourth-order valence-corrected chi connectivity index (χ4v) is 1.40. The molecule has 0 saturated heterocycles. The van der Waals surface area contributed by atoms with Gasteiger partial charge >= 0.3 is 0 Å². The molecule has 0 bridgehead atoms. The number of halogens is 1. The van der Waals surface area contributed by atoms with Crippen LogP contribution in [0.2, 0.25) is 5.02 Å². The van der Waals surface area contributed by atoms with Gasteiger partial charge in [0.1, 0.15) is 6.29 Å². The van der Waals surface area contributed by atoms with Gasteiger partial charge in [-0.05, 0) is 0 Å². The normalized spacial score (nSPS) is 11.8. The van der Waals surface area contributed by atoms with Crippen LogP contribution in [0.25, 0.3) is 0 Å². The second kappa shape index (κ2) is 4.24. The van der Waals surface area contributed by atoms with E-state index in [0.717, 1.165) is 6.29 Å². The van der Waals surface area contributed by atoms with Crippen LogP contribution in [0.4, 0.5) is 0 Å². The molecule has 0 N–H and O–H groups in total. The zero-order valence-corrected chi connectivity index (χ0v) is 8.50. The van der Waals surface area contributed by atoms with Gasteiger partial charge in [0.15, 0.2) is 11.5 Å². The second-order valence-corrected chi connectivity index (χ2v) is 3.27. The van der Waals surface area contributed by atoms with E-state index in [1.807, 2.05) is 0 Å². The highest BCUT2D eigenvalue weighted by Crippen LogP contribution is 2.36. The minimum absolute atomic E-state index is 0.199. The predicted molar refractivity (Wildman–Crippen MR) is 55.1 cm³/mol. The van der Waals surface area contributed by atoms with Crippen LogP contribution < -0.4 is 9.47 Å². The van der Waals surface area contributed by atoms with Gasteiger partial charge in [0, 0.05) is 17.7 Å². The standard InChI is InChI=1S/C11H7ClO3/c12-9-6-11-10(14-7-15-11)5-8(9)3-1-2-4-13/h4-6H,2,7H2. The number of carbonyl (C=O) groups is 1. The number of benzene rings is 1. The van der Waals surface area contributed by atoms with E-state index in [2.05, 4.69) is 11.8 Å². The second-order valence-electron chi connectivity index (χ2n) is 2.86. The summed E-state index contributed by atoms with van der Waals surface area (Å²) in [4.78, 5) is 10.1. The molecule has 1 aromatic carbocycles. The number of hydrogen-bond acceptors (Lipinski definition) is 3. The van der Waals surface area contributed by atoms with Gasteiger partial charge in [0.2, 0.25) is 6.79 Å². The maximum absolute atomic E-state index is 10.1. The highest BCUT2D eigenvalue weighted by atomic mass is 35.5. The molecule has 1 aromatic rings. The van der Waals surface area contributed by atoms with Gasteiger partial charge in [-0.25, -0.2) is 0 Å². The van der Waals surface area contributed by atoms with Crippen molar-refractivity contribution in [2.24, 2.45) is 0 Å². The molecule has 0 spiro atoms. The molecular formula is C11H7ClO3. The van der Waals surface area contributed by atoms with Crippen molar-refractivity contribution in [3.05, 3.63) is 22.7 Å². The van der Waals surface area contributed by atoms with Crippen molar-refractivity contribution >= 4 is 17.9 Å². The van der Waals surface area contributed by atoms with Crippen molar-refractivity contribution in [1.29, 1.82) is 0 Å². The first kappa shape index (κ1) is 9.88. The smallest absolute Gasteiger partial charge is 0.231 e. The molecule has 1 aliphatic rings. The summed E-state index contributed by atoms with van der Waals surface area (Å²) in [6, 6.07) is 3.37. The van der Waals surface area contributed by atoms with Crippen LogP contribution in [0.1, 0.15) is 12.0 Å². The first-order chi connectivity index (χ1) is 7.31. The highest BCUT2D eigenvalue weighted by Gasteiger charge is 2.15. The molecule has 15 heavy (non-hydrogen) atoms. The predicted octanol–water partition coefficient (Wildman–Crippen LogP) is 2.01. The molecule has 0 amide bonds. The molecule has 0 atom stereocenters. The fraction of sp³-hybridized carbons (Fsp3) is 0.182. The molecule has 1 heterocycles. The van der Waals surface area contributed by atoms with Crippen LogP contribution in [0.5, 0.6) is 11.5 Å². The third kappa shape index (κ3) is 2.05. The summed E-state index contributed by atoms with van der Waals surface area (Å²) in [7, 11) is 0. The molecule has 0 saturated carbocycles. The topological polar surface area (TPSA) is 35.5 Å². The van der Waals surface area contributed by atoms with Crippen molar-refractivity contribution in [2.45, 2.75) is 6.42 Å². The Hall–Kier alpha value is -1.66. The Bertz CT molecular complexity index is 457. The third-order valence-corrected chi connectivity index (χ3v) is 2.18. The Balaban J connectivity index is 2.33. The van der Waals surface area contributed by atoms with E-state index in [1.165, 1.54) is 0 Å². The van der Waals surface area contributed by atoms with E-state index >= 15 is 0 Å². The van der Waals surface area contributed by atoms with Crippen LogP contribution in [0.3, 0.4) is 0 Å². The Morgan fingerprint density at radius 2 is 2.13 bits per heavy atom. The Kier molecular flexibility index (Phi) is 2.79. The maximum Gasteiger partial charge on any atom is 0.231 e. The molecule has 4 heteroatoms. The summed E-state index contributed by atoms with van der Waals surface area (Å²) in [5, 5.41) is 0.498. The number of rotatable bonds is 1. The number of ether oxygens (including phenoxy) is 2. The first-order valence-corrected chi connectivity index (χ1v) is 4.70. The lowest BCUT2D eigenvalue weighted by molar-refractivity contribution is -0.107. The average molecular weight is 223 g/mol. The summed E-state index contributed by atoms with van der Waals surface area (Å²) >= 11 is 5.96. The monoisotopic (exact) mass is 222 g/mol. The lowest BCUT2D eigenvalue weighted by Gasteiger charge is -1.99. The van der Waals surface area contributed by atoms with Gasteiger partial charge in [0.25, 0.3) is 0 Å². The highest BCUT2D eigenvalue weighted by molar-refractivity contribution is 6.32. The Morgan fingerprint density at radius 1 is 1.40 bits per heavy atom. The van der Waals surface area contributed by atoms with Gasteiger partial charge in [-0.15, -0.1) is 0 Å². The van der Waals surface area contributed by atoms with Gasteiger partial charge in [-0.1, -0.05) is 23.4 Å². The third-order valence-electron chi connectivity index (χ3n) is 1.87. The summed E-state index contributed by atoms with van der Waals surface area (Å²) in [6.45, 7) is 0.205. The van der Waals surface area contributed by atoms with E-state index < -0.39 is 0 Å². The van der Waals surface area contributed by atoms with Crippen molar-refractivity contribution in [2.75, 3.05) is 6.79 Å². The van der Waals surface area contributed by atoms with Gasteiger partial charge < -0.3 is 14.3 Å². The quantitative estimate of drug-likeness (QED) is 0.539. The van der Waals surface area contributed by atoms with Crippen LogP contribution in [-0.4, -0.2) is 13.1 Å². The van der Waals surface area contributed by atoms with Crippen molar-refractivity contribution < 1.29 is 14.3 Å². The lowest BCUT2D eigenvalue weighted by Crippen LogP contribution is -1.92. The number of aldehydes is 1. The van der Waals surface area contributed by atoms with Gasteiger partial charge in [-0.3, -0.25) is 0 Å². The molecule has 3 nitrogen and oxygen atoms in total. The van der Waals surface area contributed by atoms with E-state index in [0.29, 0.717) is 22.1 Å². The lowest BCUT2D eigenvalue weighted by atomic mass is 10.2. The Labute approximate surface area is 91.9 Å². The van der Waals surface area contributed by atoms with Crippen LogP contribution in [0, 0.1) is 11.8 Å². The van der Waals surface area contributed by atoms with Gasteiger partial charge in [-0.2, -0.15) is 0 Å². The molecule has 76 valence electrons. The minimum Gasteiger partial charge on any atom is -0.454 e. The summed E-state index contributed by atoms with van der Waals surface area (Å²) in [5.74, 6) is 6.74. The molecular weight excluding hydrogens is 216 g/mol. The van der Waals surface area contributed by atoms with E-state index in [9.17, 15) is 4.79 Å². The zero-order valence-electron chi connectivity index (χ0n) is 7.75. The summed E-state index contributed by atoms with van der Waals surface area (Å²) in [6.07, 6.45) is 0.943. The van der Waals surface area contributed by atoms with E-state index in [4.69, 9.17) is 21.1 Å². The van der Waals surface area contributed by atoms with Crippen molar-refractivity contribution in [3.63, 3.8) is 0 Å². The van der Waals surface area contributed by atoms with Crippen LogP contribution in [0.15, 0.2) is 12.1 Å². The number of carbonyl (C=O) groups excluding carboxylic acids is 1. The molecule has 2 rings (SSSR count). The fourth-order valence-electron chi connectivity index (χ4n) is 1.20. The van der Waals surface area contributed by atoms with Crippen LogP contribution in [-0.2, 0) is 4.79 Å². The van der Waals surface area contributed by atoms with E-state index in [1.54, 1.807) is 12.1 Å². The Morgan fingerprint density at radius 3 is 2.87 bits per heavy atom. The zero-order chi connectivity index (χ0) is 10.7. The number of fused-ring (bicyclic) bond motifs is 1. The van der Waals surface area contributed by atoms with Gasteiger partial charge in [0.05, 0.1) is 11.4 Å². The largest absolute Gasteiger partial charge is 0.454 e. The average Bonchev–Trinajstić information content (AvgIpc) is 2.65. The molecule has 0 unspecified atom stereocenters. The first-order valence-electron chi connectivity index (χ1n) is 4.33. The molecule has 0 aliphatic carbocycles. The summed E-state index contributed by atoms with van der Waals surface area (Å²) in [5.41, 5.74) is 0.641. The minimum atomic E-state index is 0.199. The van der Waals surface area contributed by atoms with E-state index in [-0.39, 0.29) is 13.2 Å². The van der Waals surface area contributed by atoms with Crippen LogP contribution >= 0.6 is 11.6 Å². The molecule has 0 radical (unpaired) electrons. The number of hydrogen-bond donors (Lipinski definition) is 0. The molecule has 1 aliphatic heterocycles. The summed E-state index contributed by atoms with van der Waals surface area (Å²) < 4.78 is 10.3.